The molecule has 0 amide bonds. The fourth-order valence-electron chi connectivity index (χ4n) is 7.82. The van der Waals surface area contributed by atoms with Crippen LogP contribution in [0.4, 0.5) is 17.1 Å². The highest BCUT2D eigenvalue weighted by Gasteiger charge is 2.20. The van der Waals surface area contributed by atoms with Crippen LogP contribution in [0.15, 0.2) is 176 Å². The predicted molar refractivity (Wildman–Crippen MR) is 231 cm³/mol. The molecule has 0 saturated heterocycles. The Balaban J connectivity index is 1.09. The number of thiophene rings is 3. The van der Waals surface area contributed by atoms with Crippen LogP contribution in [-0.4, -0.2) is 0 Å². The Morgan fingerprint density at radius 1 is 0.308 bits per heavy atom. The lowest BCUT2D eigenvalue weighted by molar-refractivity contribution is 1.31. The average molecular weight is 716 g/mol. The Morgan fingerprint density at radius 3 is 1.62 bits per heavy atom. The smallest absolute Gasteiger partial charge is 0.0640 e. The molecule has 4 heteroatoms. The van der Waals surface area contributed by atoms with Crippen LogP contribution in [0.1, 0.15) is 0 Å². The molecule has 1 nitrogen and oxygen atoms in total. The Hall–Kier alpha value is -5.78. The van der Waals surface area contributed by atoms with Crippen molar-refractivity contribution in [2.24, 2.45) is 0 Å². The van der Waals surface area contributed by atoms with E-state index in [4.69, 9.17) is 0 Å². The standard InChI is InChI=1S/C48H29NS3/c1-2-10-31(11-3-1)35-14-8-15-40-41-16-9-17-42(48(41)52-47(35)40)49(34-25-27-39-37-13-5-7-19-44(37)51-46(39)29-34)33-23-20-30(21-24-33)32-22-26-38-36-12-4-6-18-43(36)50-45(38)28-32/h1-29H. The maximum Gasteiger partial charge on any atom is 0.0640 e. The van der Waals surface area contributed by atoms with Crippen molar-refractivity contribution in [2.45, 2.75) is 0 Å². The number of nitrogens with zero attached hydrogens (tertiary/aromatic N) is 1. The van der Waals surface area contributed by atoms with Gasteiger partial charge in [0.15, 0.2) is 0 Å². The van der Waals surface area contributed by atoms with E-state index in [1.165, 1.54) is 88.5 Å². The zero-order valence-corrected chi connectivity index (χ0v) is 30.4. The summed E-state index contributed by atoms with van der Waals surface area (Å²) in [5.74, 6) is 0. The summed E-state index contributed by atoms with van der Waals surface area (Å²) in [4.78, 5) is 2.46. The van der Waals surface area contributed by atoms with E-state index in [0.717, 1.165) is 11.4 Å². The van der Waals surface area contributed by atoms with Gasteiger partial charge in [0.2, 0.25) is 0 Å². The third-order valence-electron chi connectivity index (χ3n) is 10.3. The van der Waals surface area contributed by atoms with E-state index in [1.54, 1.807) is 0 Å². The molecule has 3 heterocycles. The van der Waals surface area contributed by atoms with Crippen molar-refractivity contribution < 1.29 is 0 Å². The molecule has 0 fully saturated rings. The summed E-state index contributed by atoms with van der Waals surface area (Å²) in [6, 6.07) is 64.8. The highest BCUT2D eigenvalue weighted by atomic mass is 32.1. The molecule has 0 saturated carbocycles. The van der Waals surface area contributed by atoms with Gasteiger partial charge in [-0.15, -0.1) is 34.0 Å². The number of rotatable bonds is 5. The van der Waals surface area contributed by atoms with Crippen LogP contribution < -0.4 is 4.90 Å². The molecular weight excluding hydrogens is 687 g/mol. The van der Waals surface area contributed by atoms with Gasteiger partial charge in [-0.3, -0.25) is 0 Å². The number of fused-ring (bicyclic) bond motifs is 9. The van der Waals surface area contributed by atoms with Crippen LogP contribution >= 0.6 is 34.0 Å². The fourth-order valence-corrected chi connectivity index (χ4v) is 11.4. The minimum absolute atomic E-state index is 1.14. The van der Waals surface area contributed by atoms with Gasteiger partial charge in [-0.05, 0) is 70.8 Å². The largest absolute Gasteiger partial charge is 0.309 e. The molecule has 0 spiro atoms. The van der Waals surface area contributed by atoms with Crippen LogP contribution in [-0.2, 0) is 0 Å². The predicted octanol–water partition coefficient (Wildman–Crippen LogP) is 15.6. The molecule has 0 N–H and O–H groups in total. The van der Waals surface area contributed by atoms with E-state index in [9.17, 15) is 0 Å². The molecule has 0 aliphatic rings. The minimum Gasteiger partial charge on any atom is -0.309 e. The number of anilines is 3. The number of hydrogen-bond acceptors (Lipinski definition) is 4. The first kappa shape index (κ1) is 29.9. The molecule has 244 valence electrons. The maximum atomic E-state index is 2.46. The molecule has 11 aromatic rings. The van der Waals surface area contributed by atoms with Crippen molar-refractivity contribution in [3.63, 3.8) is 0 Å². The average Bonchev–Trinajstić information content (AvgIpc) is 3.90. The third-order valence-corrected chi connectivity index (χ3v) is 13.8. The van der Waals surface area contributed by atoms with E-state index in [0.29, 0.717) is 0 Å². The summed E-state index contributed by atoms with van der Waals surface area (Å²) >= 11 is 5.64. The van der Waals surface area contributed by atoms with Gasteiger partial charge in [-0.1, -0.05) is 127 Å². The molecule has 0 unspecified atom stereocenters. The first-order chi connectivity index (χ1) is 25.8. The van der Waals surface area contributed by atoms with E-state index < -0.39 is 0 Å². The highest BCUT2D eigenvalue weighted by Crippen LogP contribution is 2.48. The Kier molecular flexibility index (Phi) is 6.84. The van der Waals surface area contributed by atoms with Crippen molar-refractivity contribution in [2.75, 3.05) is 4.90 Å². The molecular formula is C48H29NS3. The second kappa shape index (κ2) is 11.9. The van der Waals surface area contributed by atoms with Crippen molar-refractivity contribution >= 4 is 112 Å². The minimum atomic E-state index is 1.14. The van der Waals surface area contributed by atoms with Gasteiger partial charge in [0.1, 0.15) is 0 Å². The van der Waals surface area contributed by atoms with E-state index in [2.05, 4.69) is 181 Å². The van der Waals surface area contributed by atoms with Gasteiger partial charge in [0.25, 0.3) is 0 Å². The van der Waals surface area contributed by atoms with E-state index in [1.807, 2.05) is 34.0 Å². The van der Waals surface area contributed by atoms with Gasteiger partial charge >= 0.3 is 0 Å². The summed E-state index contributed by atoms with van der Waals surface area (Å²) in [6.07, 6.45) is 0. The lowest BCUT2D eigenvalue weighted by atomic mass is 10.0. The molecule has 0 bridgehead atoms. The Morgan fingerprint density at radius 2 is 0.865 bits per heavy atom. The van der Waals surface area contributed by atoms with Gasteiger partial charge in [-0.25, -0.2) is 0 Å². The summed E-state index contributed by atoms with van der Waals surface area (Å²) in [6.45, 7) is 0. The summed E-state index contributed by atoms with van der Waals surface area (Å²) < 4.78 is 7.89. The molecule has 0 atom stereocenters. The van der Waals surface area contributed by atoms with Crippen LogP contribution in [0.5, 0.6) is 0 Å². The first-order valence-corrected chi connectivity index (χ1v) is 19.9. The molecule has 0 radical (unpaired) electrons. The monoisotopic (exact) mass is 715 g/mol. The molecule has 0 aliphatic heterocycles. The molecule has 3 aromatic heterocycles. The quantitative estimate of drug-likeness (QED) is 0.171. The SMILES string of the molecule is c1ccc(-c2cccc3c2sc2c(N(c4ccc(-c5ccc6c(c5)sc5ccccc56)cc4)c4ccc5c(c4)sc4ccccc45)cccc23)cc1. The van der Waals surface area contributed by atoms with E-state index >= 15 is 0 Å². The van der Waals surface area contributed by atoms with E-state index in [-0.39, 0.29) is 0 Å². The molecule has 11 rings (SSSR count). The number of benzene rings is 8. The summed E-state index contributed by atoms with van der Waals surface area (Å²) in [5, 5.41) is 7.88. The molecule has 8 aromatic carbocycles. The highest BCUT2D eigenvalue weighted by molar-refractivity contribution is 7.27. The number of hydrogen-bond donors (Lipinski definition) is 0. The van der Waals surface area contributed by atoms with Crippen LogP contribution in [0.2, 0.25) is 0 Å². The van der Waals surface area contributed by atoms with Crippen LogP contribution in [0, 0.1) is 0 Å². The second-order valence-corrected chi connectivity index (χ2v) is 16.5. The third kappa shape index (κ3) is 4.72. The van der Waals surface area contributed by atoms with Gasteiger partial charge < -0.3 is 4.90 Å². The molecule has 52 heavy (non-hydrogen) atoms. The van der Waals surface area contributed by atoms with Crippen molar-refractivity contribution in [3.8, 4) is 22.3 Å². The first-order valence-electron chi connectivity index (χ1n) is 17.5. The maximum absolute atomic E-state index is 2.46. The van der Waals surface area contributed by atoms with Crippen molar-refractivity contribution in [3.05, 3.63) is 176 Å². The normalized spacial score (nSPS) is 11.8. The van der Waals surface area contributed by atoms with Crippen molar-refractivity contribution in [1.82, 2.24) is 0 Å². The van der Waals surface area contributed by atoms with Crippen LogP contribution in [0.25, 0.3) is 82.8 Å². The Labute approximate surface area is 312 Å². The lowest BCUT2D eigenvalue weighted by Crippen LogP contribution is -2.09. The Bertz CT molecular complexity index is 3130. The summed E-state index contributed by atoms with van der Waals surface area (Å²) in [7, 11) is 0. The topological polar surface area (TPSA) is 3.24 Å². The zero-order valence-electron chi connectivity index (χ0n) is 27.9. The van der Waals surface area contributed by atoms with Gasteiger partial charge in [0, 0.05) is 67.2 Å². The van der Waals surface area contributed by atoms with Crippen molar-refractivity contribution in [1.29, 1.82) is 0 Å². The van der Waals surface area contributed by atoms with Gasteiger partial charge in [0.05, 0.1) is 10.4 Å². The molecule has 0 aliphatic carbocycles. The second-order valence-electron chi connectivity index (χ2n) is 13.3. The fraction of sp³-hybridized carbons (Fsp3) is 0. The van der Waals surface area contributed by atoms with Crippen LogP contribution in [0.3, 0.4) is 0 Å². The summed E-state index contributed by atoms with van der Waals surface area (Å²) in [5.41, 5.74) is 8.48. The van der Waals surface area contributed by atoms with Gasteiger partial charge in [-0.2, -0.15) is 0 Å². The lowest BCUT2D eigenvalue weighted by Gasteiger charge is -2.26. The zero-order chi connectivity index (χ0) is 34.2.